The van der Waals surface area contributed by atoms with Crippen LogP contribution in [0.3, 0.4) is 0 Å². The first-order chi connectivity index (χ1) is 6.66. The quantitative estimate of drug-likeness (QED) is 0.733. The molecule has 14 heavy (non-hydrogen) atoms. The van der Waals surface area contributed by atoms with E-state index < -0.39 is 0 Å². The molecule has 2 rings (SSSR count). The number of nitrogens with two attached hydrogens (primary N) is 1. The average Bonchev–Trinajstić information content (AvgIpc) is 2.49. The molecule has 0 aliphatic heterocycles. The minimum absolute atomic E-state index is 0.452. The van der Waals surface area contributed by atoms with Crippen LogP contribution < -0.4 is 5.73 Å². The van der Waals surface area contributed by atoms with Gasteiger partial charge in [-0.25, -0.2) is 9.97 Å². The zero-order valence-electron chi connectivity index (χ0n) is 7.98. The molecular weight excluding hydrogens is 180 g/mol. The van der Waals surface area contributed by atoms with Crippen molar-refractivity contribution in [3.8, 4) is 11.3 Å². The third-order valence-electron chi connectivity index (χ3n) is 1.88. The van der Waals surface area contributed by atoms with Gasteiger partial charge in [-0.05, 0) is 13.8 Å². The molecule has 2 aromatic rings. The number of rotatable bonds is 1. The van der Waals surface area contributed by atoms with Crippen LogP contribution in [-0.4, -0.2) is 15.1 Å². The van der Waals surface area contributed by atoms with Crippen molar-refractivity contribution in [2.24, 2.45) is 0 Å². The molecule has 0 saturated carbocycles. The fraction of sp³-hybridized carbons (Fsp3) is 0.222. The summed E-state index contributed by atoms with van der Waals surface area (Å²) in [6, 6.07) is 1.70. The third-order valence-corrected chi connectivity index (χ3v) is 1.88. The molecule has 0 aliphatic carbocycles. The van der Waals surface area contributed by atoms with Crippen molar-refractivity contribution in [2.75, 3.05) is 5.73 Å². The Balaban J connectivity index is 2.57. The summed E-state index contributed by atoms with van der Waals surface area (Å²) in [6.45, 7) is 3.62. The van der Waals surface area contributed by atoms with E-state index in [4.69, 9.17) is 10.3 Å². The van der Waals surface area contributed by atoms with Gasteiger partial charge in [0.05, 0.1) is 17.5 Å². The molecular formula is C9H10N4O. The van der Waals surface area contributed by atoms with E-state index in [1.165, 1.54) is 0 Å². The molecule has 0 fully saturated rings. The lowest BCUT2D eigenvalue weighted by atomic mass is 10.2. The Labute approximate surface area is 81.0 Å². The van der Waals surface area contributed by atoms with Gasteiger partial charge in [0.2, 0.25) is 0 Å². The minimum atomic E-state index is 0.452. The van der Waals surface area contributed by atoms with Crippen LogP contribution in [0.4, 0.5) is 5.82 Å². The Bertz CT molecular complexity index is 443. The number of hydrogen-bond acceptors (Lipinski definition) is 5. The summed E-state index contributed by atoms with van der Waals surface area (Å²) in [5.41, 5.74) is 7.21. The molecule has 72 valence electrons. The maximum absolute atomic E-state index is 5.61. The molecule has 2 heterocycles. The standard InChI is InChI=1S/C9H10N4O/c1-5-7(4-11-14-5)8-3-9(10)13-6(2)12-8/h3-4H,1-2H3,(H2,10,12,13). The highest BCUT2D eigenvalue weighted by Gasteiger charge is 2.08. The fourth-order valence-corrected chi connectivity index (χ4v) is 1.27. The van der Waals surface area contributed by atoms with Crippen molar-refractivity contribution in [1.29, 1.82) is 0 Å². The molecule has 0 unspecified atom stereocenters. The largest absolute Gasteiger partial charge is 0.384 e. The van der Waals surface area contributed by atoms with Gasteiger partial charge < -0.3 is 10.3 Å². The normalized spacial score (nSPS) is 10.4. The highest BCUT2D eigenvalue weighted by Crippen LogP contribution is 2.21. The van der Waals surface area contributed by atoms with E-state index in [1.807, 2.05) is 6.92 Å². The first-order valence-electron chi connectivity index (χ1n) is 4.19. The number of aryl methyl sites for hydroxylation is 2. The second-order valence-electron chi connectivity index (χ2n) is 3.02. The third kappa shape index (κ3) is 1.44. The van der Waals surface area contributed by atoms with Crippen LogP contribution in [0.25, 0.3) is 11.3 Å². The summed E-state index contributed by atoms with van der Waals surface area (Å²) in [5, 5.41) is 3.68. The first kappa shape index (κ1) is 8.68. The maximum Gasteiger partial charge on any atom is 0.143 e. The van der Waals surface area contributed by atoms with Crippen LogP contribution in [0.1, 0.15) is 11.6 Å². The van der Waals surface area contributed by atoms with Crippen molar-refractivity contribution in [3.63, 3.8) is 0 Å². The Morgan fingerprint density at radius 3 is 2.64 bits per heavy atom. The number of hydrogen-bond donors (Lipinski definition) is 1. The molecule has 5 heteroatoms. The SMILES string of the molecule is Cc1nc(N)cc(-c2cnoc2C)n1. The Kier molecular flexibility index (Phi) is 1.92. The Morgan fingerprint density at radius 2 is 2.07 bits per heavy atom. The second kappa shape index (κ2) is 3.10. The predicted molar refractivity (Wildman–Crippen MR) is 51.4 cm³/mol. The summed E-state index contributed by atoms with van der Waals surface area (Å²) in [6.07, 6.45) is 1.62. The maximum atomic E-state index is 5.61. The van der Waals surface area contributed by atoms with Gasteiger partial charge in [0.1, 0.15) is 17.4 Å². The van der Waals surface area contributed by atoms with Crippen LogP contribution in [0.2, 0.25) is 0 Å². The molecule has 0 amide bonds. The van der Waals surface area contributed by atoms with Crippen LogP contribution in [-0.2, 0) is 0 Å². The summed E-state index contributed by atoms with van der Waals surface area (Å²) < 4.78 is 4.95. The Hall–Kier alpha value is -1.91. The number of anilines is 1. The highest BCUT2D eigenvalue weighted by molar-refractivity contribution is 5.62. The molecule has 0 saturated heterocycles. The molecule has 0 spiro atoms. The van der Waals surface area contributed by atoms with Crippen LogP contribution >= 0.6 is 0 Å². The number of nitrogen functional groups attached to an aromatic ring is 1. The van der Waals surface area contributed by atoms with Crippen molar-refractivity contribution in [2.45, 2.75) is 13.8 Å². The molecule has 0 radical (unpaired) electrons. The first-order valence-corrected chi connectivity index (χ1v) is 4.19. The molecule has 0 atom stereocenters. The molecule has 0 aromatic carbocycles. The van der Waals surface area contributed by atoms with Crippen LogP contribution in [0.15, 0.2) is 16.8 Å². The van der Waals surface area contributed by atoms with E-state index in [-0.39, 0.29) is 0 Å². The van der Waals surface area contributed by atoms with Gasteiger partial charge in [-0.1, -0.05) is 5.16 Å². The van der Waals surface area contributed by atoms with Crippen LogP contribution in [0, 0.1) is 13.8 Å². The topological polar surface area (TPSA) is 77.8 Å². The van der Waals surface area contributed by atoms with Gasteiger partial charge in [-0.3, -0.25) is 0 Å². The van der Waals surface area contributed by atoms with E-state index in [0.717, 1.165) is 17.0 Å². The summed E-state index contributed by atoms with van der Waals surface area (Å²) in [4.78, 5) is 8.24. The van der Waals surface area contributed by atoms with Crippen molar-refractivity contribution < 1.29 is 4.52 Å². The van der Waals surface area contributed by atoms with Gasteiger partial charge in [0.25, 0.3) is 0 Å². The predicted octanol–water partition coefficient (Wildman–Crippen LogP) is 1.33. The molecule has 0 bridgehead atoms. The monoisotopic (exact) mass is 190 g/mol. The van der Waals surface area contributed by atoms with E-state index in [9.17, 15) is 0 Å². The summed E-state index contributed by atoms with van der Waals surface area (Å²) in [7, 11) is 0. The molecule has 2 aromatic heterocycles. The number of aromatic nitrogens is 3. The van der Waals surface area contributed by atoms with E-state index in [2.05, 4.69) is 15.1 Å². The second-order valence-corrected chi connectivity index (χ2v) is 3.02. The zero-order valence-corrected chi connectivity index (χ0v) is 7.98. The van der Waals surface area contributed by atoms with Gasteiger partial charge in [0.15, 0.2) is 0 Å². The smallest absolute Gasteiger partial charge is 0.143 e. The molecule has 5 nitrogen and oxygen atoms in total. The number of nitrogens with zero attached hydrogens (tertiary/aromatic N) is 3. The summed E-state index contributed by atoms with van der Waals surface area (Å²) in [5.74, 6) is 1.82. The lowest BCUT2D eigenvalue weighted by Gasteiger charge is -2.00. The van der Waals surface area contributed by atoms with Crippen LogP contribution in [0.5, 0.6) is 0 Å². The fourth-order valence-electron chi connectivity index (χ4n) is 1.27. The van der Waals surface area contributed by atoms with Gasteiger partial charge >= 0.3 is 0 Å². The highest BCUT2D eigenvalue weighted by atomic mass is 16.5. The lowest BCUT2D eigenvalue weighted by Crippen LogP contribution is -1.97. The van der Waals surface area contributed by atoms with Gasteiger partial charge in [-0.2, -0.15) is 0 Å². The van der Waals surface area contributed by atoms with Gasteiger partial charge in [-0.15, -0.1) is 0 Å². The summed E-state index contributed by atoms with van der Waals surface area (Å²) >= 11 is 0. The van der Waals surface area contributed by atoms with E-state index >= 15 is 0 Å². The average molecular weight is 190 g/mol. The minimum Gasteiger partial charge on any atom is -0.384 e. The van der Waals surface area contributed by atoms with Crippen molar-refractivity contribution >= 4 is 5.82 Å². The molecule has 0 aliphatic rings. The Morgan fingerprint density at radius 1 is 1.29 bits per heavy atom. The van der Waals surface area contributed by atoms with E-state index in [1.54, 1.807) is 19.2 Å². The van der Waals surface area contributed by atoms with Crippen molar-refractivity contribution in [3.05, 3.63) is 23.8 Å². The van der Waals surface area contributed by atoms with E-state index in [0.29, 0.717) is 11.6 Å². The van der Waals surface area contributed by atoms with Crippen molar-refractivity contribution in [1.82, 2.24) is 15.1 Å². The zero-order chi connectivity index (χ0) is 10.1. The lowest BCUT2D eigenvalue weighted by molar-refractivity contribution is 0.398. The van der Waals surface area contributed by atoms with Gasteiger partial charge in [0, 0.05) is 6.07 Å². The molecule has 2 N–H and O–H groups in total.